The Bertz CT molecular complexity index is 1400. The molecule has 1 N–H and O–H groups in total. The zero-order chi connectivity index (χ0) is 31.5. The van der Waals surface area contributed by atoms with Gasteiger partial charge < -0.3 is 33.7 Å². The van der Waals surface area contributed by atoms with Crippen LogP contribution in [0, 0.1) is 0 Å². The SMILES string of the molecule is COCCOCc1cc(OC)c(-c2ccc(C[C@H](NC(=O)c3c(Cl)cc(C(=O)OC)cc3Cl)C(=O)OC)cc2)c(OC)c1. The van der Waals surface area contributed by atoms with Crippen LogP contribution in [0.5, 0.6) is 11.5 Å². The predicted octanol–water partition coefficient (Wildman–Crippen LogP) is 5.14. The van der Waals surface area contributed by atoms with Gasteiger partial charge in [0.1, 0.15) is 17.5 Å². The van der Waals surface area contributed by atoms with Crippen molar-refractivity contribution >= 4 is 41.0 Å². The molecular weight excluding hydrogens is 601 g/mol. The second-order valence-electron chi connectivity index (χ2n) is 9.18. The number of ether oxygens (including phenoxy) is 6. The van der Waals surface area contributed by atoms with Crippen LogP contribution in [-0.4, -0.2) is 72.7 Å². The first-order valence-corrected chi connectivity index (χ1v) is 13.8. The highest BCUT2D eigenvalue weighted by Gasteiger charge is 2.26. The van der Waals surface area contributed by atoms with Crippen molar-refractivity contribution in [1.82, 2.24) is 5.32 Å². The molecule has 3 aromatic carbocycles. The van der Waals surface area contributed by atoms with Gasteiger partial charge in [-0.3, -0.25) is 4.79 Å². The fourth-order valence-electron chi connectivity index (χ4n) is 4.30. The Morgan fingerprint density at radius 2 is 1.40 bits per heavy atom. The number of carbonyl (C=O) groups is 3. The molecule has 0 aromatic heterocycles. The first-order chi connectivity index (χ1) is 20.7. The first kappa shape index (κ1) is 33.7. The lowest BCUT2D eigenvalue weighted by molar-refractivity contribution is -0.142. The maximum atomic E-state index is 13.1. The molecule has 0 unspecified atom stereocenters. The van der Waals surface area contributed by atoms with Crippen LogP contribution in [0.4, 0.5) is 0 Å². The van der Waals surface area contributed by atoms with E-state index in [2.05, 4.69) is 10.1 Å². The van der Waals surface area contributed by atoms with Crippen molar-refractivity contribution in [3.05, 3.63) is 80.8 Å². The summed E-state index contributed by atoms with van der Waals surface area (Å²) in [6.07, 6.45) is 0.111. The molecule has 1 atom stereocenters. The minimum atomic E-state index is -1.06. The quantitative estimate of drug-likeness (QED) is 0.190. The van der Waals surface area contributed by atoms with Gasteiger partial charge in [-0.1, -0.05) is 47.5 Å². The molecule has 12 heteroatoms. The zero-order valence-electron chi connectivity index (χ0n) is 24.5. The number of halogens is 2. The fraction of sp³-hybridized carbons (Fsp3) is 0.323. The van der Waals surface area contributed by atoms with E-state index in [-0.39, 0.29) is 27.6 Å². The van der Waals surface area contributed by atoms with Crippen LogP contribution >= 0.6 is 23.2 Å². The number of amides is 1. The van der Waals surface area contributed by atoms with E-state index in [1.165, 1.54) is 26.4 Å². The zero-order valence-corrected chi connectivity index (χ0v) is 26.0. The van der Waals surface area contributed by atoms with Crippen molar-refractivity contribution < 1.29 is 42.8 Å². The molecule has 3 rings (SSSR count). The van der Waals surface area contributed by atoms with Crippen molar-refractivity contribution in [2.45, 2.75) is 19.1 Å². The average Bonchev–Trinajstić information content (AvgIpc) is 3.01. The average molecular weight is 635 g/mol. The molecule has 43 heavy (non-hydrogen) atoms. The molecule has 0 saturated heterocycles. The first-order valence-electron chi connectivity index (χ1n) is 13.0. The van der Waals surface area contributed by atoms with E-state index in [9.17, 15) is 14.4 Å². The lowest BCUT2D eigenvalue weighted by Gasteiger charge is -2.19. The number of nitrogens with one attached hydrogen (secondary N) is 1. The lowest BCUT2D eigenvalue weighted by Crippen LogP contribution is -2.43. The van der Waals surface area contributed by atoms with Gasteiger partial charge in [0.15, 0.2) is 0 Å². The third-order valence-electron chi connectivity index (χ3n) is 6.43. The van der Waals surface area contributed by atoms with Gasteiger partial charge in [0.05, 0.1) is 75.0 Å². The normalized spacial score (nSPS) is 11.4. The molecule has 0 saturated carbocycles. The van der Waals surface area contributed by atoms with E-state index < -0.39 is 23.9 Å². The maximum absolute atomic E-state index is 13.1. The maximum Gasteiger partial charge on any atom is 0.337 e. The largest absolute Gasteiger partial charge is 0.496 e. The summed E-state index contributed by atoms with van der Waals surface area (Å²) < 4.78 is 31.6. The van der Waals surface area contributed by atoms with Gasteiger partial charge in [-0.25, -0.2) is 9.59 Å². The molecule has 0 aliphatic rings. The van der Waals surface area contributed by atoms with E-state index in [0.29, 0.717) is 31.3 Å². The smallest absolute Gasteiger partial charge is 0.337 e. The number of benzene rings is 3. The Morgan fingerprint density at radius 3 is 1.91 bits per heavy atom. The molecule has 0 fully saturated rings. The van der Waals surface area contributed by atoms with Crippen molar-refractivity contribution in [2.75, 3.05) is 48.8 Å². The second-order valence-corrected chi connectivity index (χ2v) is 9.99. The summed E-state index contributed by atoms with van der Waals surface area (Å²) in [5.41, 5.74) is 3.16. The van der Waals surface area contributed by atoms with Crippen LogP contribution in [0.15, 0.2) is 48.5 Å². The summed E-state index contributed by atoms with van der Waals surface area (Å²) in [6.45, 7) is 1.31. The van der Waals surface area contributed by atoms with Gasteiger partial charge in [0.25, 0.3) is 5.91 Å². The summed E-state index contributed by atoms with van der Waals surface area (Å²) in [5.74, 6) is -0.834. The molecular formula is C31H33Cl2NO9. The Hall–Kier alpha value is -3.83. The Balaban J connectivity index is 1.83. The van der Waals surface area contributed by atoms with Crippen molar-refractivity contribution in [1.29, 1.82) is 0 Å². The molecule has 0 spiro atoms. The number of hydrogen-bond donors (Lipinski definition) is 1. The summed E-state index contributed by atoms with van der Waals surface area (Å²) in [7, 11) is 7.20. The van der Waals surface area contributed by atoms with Gasteiger partial charge in [-0.05, 0) is 41.0 Å². The fourth-order valence-corrected chi connectivity index (χ4v) is 4.96. The van der Waals surface area contributed by atoms with E-state index in [1.807, 2.05) is 36.4 Å². The van der Waals surface area contributed by atoms with E-state index in [1.54, 1.807) is 21.3 Å². The lowest BCUT2D eigenvalue weighted by atomic mass is 9.98. The van der Waals surface area contributed by atoms with E-state index >= 15 is 0 Å². The molecule has 0 heterocycles. The van der Waals surface area contributed by atoms with Crippen LogP contribution in [0.3, 0.4) is 0 Å². The van der Waals surface area contributed by atoms with Gasteiger partial charge in [0.2, 0.25) is 0 Å². The van der Waals surface area contributed by atoms with Crippen LogP contribution in [-0.2, 0) is 36.8 Å². The standard InChI is InChI=1S/C31H33Cl2NO9/c1-38-10-11-43-17-19-13-25(39-2)27(26(14-19)40-3)20-8-6-18(7-9-20)12-24(31(37)42-5)34-29(35)28-22(32)15-21(16-23(28)33)30(36)41-4/h6-9,13-16,24H,10-12,17H2,1-5H3,(H,34,35)/t24-/m0/s1. The Labute approximate surface area is 260 Å². The monoisotopic (exact) mass is 633 g/mol. The molecule has 1 amide bonds. The predicted molar refractivity (Wildman–Crippen MR) is 161 cm³/mol. The van der Waals surface area contributed by atoms with Crippen LogP contribution in [0.1, 0.15) is 31.8 Å². The van der Waals surface area contributed by atoms with Crippen LogP contribution < -0.4 is 14.8 Å². The molecule has 3 aromatic rings. The number of rotatable bonds is 14. The molecule has 10 nitrogen and oxygen atoms in total. The van der Waals surface area contributed by atoms with Gasteiger partial charge in [0, 0.05) is 13.5 Å². The summed E-state index contributed by atoms with van der Waals surface area (Å²) in [5, 5.41) is 2.48. The van der Waals surface area contributed by atoms with E-state index in [4.69, 9.17) is 46.9 Å². The molecule has 230 valence electrons. The molecule has 0 bridgehead atoms. The van der Waals surface area contributed by atoms with Crippen molar-refractivity contribution in [3.63, 3.8) is 0 Å². The second kappa shape index (κ2) is 16.1. The van der Waals surface area contributed by atoms with Gasteiger partial charge in [-0.15, -0.1) is 0 Å². The highest BCUT2D eigenvalue weighted by Crippen LogP contribution is 2.40. The minimum absolute atomic E-state index is 0.0752. The molecule has 0 aliphatic carbocycles. The number of methoxy groups -OCH3 is 5. The van der Waals surface area contributed by atoms with Crippen LogP contribution in [0.2, 0.25) is 10.0 Å². The Kier molecular flexibility index (Phi) is 12.6. The molecule has 0 radical (unpaired) electrons. The third kappa shape index (κ3) is 8.61. The minimum Gasteiger partial charge on any atom is -0.496 e. The molecule has 0 aliphatic heterocycles. The summed E-state index contributed by atoms with van der Waals surface area (Å²) >= 11 is 12.5. The Morgan fingerprint density at radius 1 is 0.791 bits per heavy atom. The third-order valence-corrected chi connectivity index (χ3v) is 7.03. The number of esters is 2. The number of carbonyl (C=O) groups excluding carboxylic acids is 3. The summed E-state index contributed by atoms with van der Waals surface area (Å²) in [6, 6.07) is 12.6. The van der Waals surface area contributed by atoms with Gasteiger partial charge in [-0.2, -0.15) is 0 Å². The number of hydrogen-bond acceptors (Lipinski definition) is 9. The van der Waals surface area contributed by atoms with Gasteiger partial charge >= 0.3 is 11.9 Å². The van der Waals surface area contributed by atoms with Crippen molar-refractivity contribution in [2.24, 2.45) is 0 Å². The topological polar surface area (TPSA) is 119 Å². The summed E-state index contributed by atoms with van der Waals surface area (Å²) in [4.78, 5) is 37.6. The van der Waals surface area contributed by atoms with Crippen LogP contribution in [0.25, 0.3) is 11.1 Å². The van der Waals surface area contributed by atoms with E-state index in [0.717, 1.165) is 22.3 Å². The highest BCUT2D eigenvalue weighted by atomic mass is 35.5. The van der Waals surface area contributed by atoms with Crippen molar-refractivity contribution in [3.8, 4) is 22.6 Å². The highest BCUT2D eigenvalue weighted by molar-refractivity contribution is 6.40.